The van der Waals surface area contributed by atoms with Crippen molar-refractivity contribution >= 4 is 28.7 Å². The molecule has 24 heavy (non-hydrogen) atoms. The highest BCUT2D eigenvalue weighted by Crippen LogP contribution is 2.16. The quantitative estimate of drug-likeness (QED) is 0.651. The highest BCUT2D eigenvalue weighted by molar-refractivity contribution is 7.99. The Bertz CT molecular complexity index is 841. The highest BCUT2D eigenvalue weighted by atomic mass is 32.2. The summed E-state index contributed by atoms with van der Waals surface area (Å²) in [5.74, 6) is 1.49. The number of carbonyl (C=O) groups excluding carboxylic acids is 1. The van der Waals surface area contributed by atoms with E-state index in [0.29, 0.717) is 23.9 Å². The number of para-hydroxylation sites is 2. The van der Waals surface area contributed by atoms with Gasteiger partial charge in [0.05, 0.1) is 17.6 Å². The molecule has 2 aromatic heterocycles. The van der Waals surface area contributed by atoms with E-state index in [2.05, 4.69) is 37.3 Å². The van der Waals surface area contributed by atoms with Crippen LogP contribution in [0.5, 0.6) is 0 Å². The van der Waals surface area contributed by atoms with Gasteiger partial charge in [-0.15, -0.1) is 5.10 Å². The Hall–Kier alpha value is -2.42. The van der Waals surface area contributed by atoms with E-state index in [1.807, 2.05) is 24.3 Å². The number of tetrazole rings is 1. The van der Waals surface area contributed by atoms with E-state index in [0.717, 1.165) is 23.4 Å². The molecule has 1 N–H and O–H groups in total. The molecule has 0 atom stereocenters. The number of nitrogens with one attached hydrogen (secondary N) is 1. The first-order valence-corrected chi connectivity index (χ1v) is 8.73. The smallest absolute Gasteiger partial charge is 0.221 e. The number of aryl methyl sites for hydroxylation is 2. The van der Waals surface area contributed by atoms with E-state index in [1.54, 1.807) is 11.7 Å². The Kier molecular flexibility index (Phi) is 5.09. The fourth-order valence-electron chi connectivity index (χ4n) is 2.46. The van der Waals surface area contributed by atoms with Crippen molar-refractivity contribution in [1.29, 1.82) is 0 Å². The zero-order chi connectivity index (χ0) is 16.9. The Labute approximate surface area is 143 Å². The van der Waals surface area contributed by atoms with Crippen molar-refractivity contribution in [1.82, 2.24) is 35.1 Å². The fourth-order valence-corrected chi connectivity index (χ4v) is 3.25. The molecule has 0 aliphatic carbocycles. The average Bonchev–Trinajstić information content (AvgIpc) is 3.16. The number of imidazole rings is 1. The summed E-state index contributed by atoms with van der Waals surface area (Å²) < 4.78 is 3.71. The molecule has 126 valence electrons. The lowest BCUT2D eigenvalue weighted by molar-refractivity contribution is -0.120. The van der Waals surface area contributed by atoms with Gasteiger partial charge in [-0.25, -0.2) is 9.67 Å². The first-order chi connectivity index (χ1) is 11.7. The largest absolute Gasteiger partial charge is 0.349 e. The highest BCUT2D eigenvalue weighted by Gasteiger charge is 2.11. The van der Waals surface area contributed by atoms with Crippen molar-refractivity contribution in [3.63, 3.8) is 0 Å². The van der Waals surface area contributed by atoms with Crippen molar-refractivity contribution in [2.45, 2.75) is 31.6 Å². The lowest BCUT2D eigenvalue weighted by atomic mass is 10.3. The van der Waals surface area contributed by atoms with Crippen LogP contribution in [-0.2, 0) is 24.9 Å². The SMILES string of the molecule is CCn1c(CNC(=O)CCSc2nnnn2C)nc2ccccc21. The molecule has 3 aromatic rings. The van der Waals surface area contributed by atoms with Crippen molar-refractivity contribution in [3.05, 3.63) is 30.1 Å². The molecular formula is C15H19N7OS. The predicted octanol–water partition coefficient (Wildman–Crippen LogP) is 1.38. The van der Waals surface area contributed by atoms with Crippen LogP contribution in [0.1, 0.15) is 19.2 Å². The second-order valence-electron chi connectivity index (χ2n) is 5.22. The number of amides is 1. The molecule has 0 unspecified atom stereocenters. The molecule has 0 bridgehead atoms. The molecule has 2 heterocycles. The molecule has 0 spiro atoms. The number of hydrogen-bond donors (Lipinski definition) is 1. The van der Waals surface area contributed by atoms with Crippen LogP contribution in [0.2, 0.25) is 0 Å². The normalized spacial score (nSPS) is 11.1. The fraction of sp³-hybridized carbons (Fsp3) is 0.400. The number of benzene rings is 1. The predicted molar refractivity (Wildman–Crippen MR) is 91.4 cm³/mol. The molecule has 8 nitrogen and oxygen atoms in total. The summed E-state index contributed by atoms with van der Waals surface area (Å²) in [6.07, 6.45) is 0.407. The molecule has 1 aromatic carbocycles. The van der Waals surface area contributed by atoms with Crippen LogP contribution in [-0.4, -0.2) is 41.4 Å². The van der Waals surface area contributed by atoms with Gasteiger partial charge in [-0.2, -0.15) is 0 Å². The maximum Gasteiger partial charge on any atom is 0.221 e. The summed E-state index contributed by atoms with van der Waals surface area (Å²) in [7, 11) is 1.78. The van der Waals surface area contributed by atoms with Crippen LogP contribution in [0.4, 0.5) is 0 Å². The van der Waals surface area contributed by atoms with Gasteiger partial charge in [-0.05, 0) is 29.5 Å². The van der Waals surface area contributed by atoms with Crippen LogP contribution in [0, 0.1) is 0 Å². The summed E-state index contributed by atoms with van der Waals surface area (Å²) in [6, 6.07) is 7.99. The van der Waals surface area contributed by atoms with Gasteiger partial charge in [0.1, 0.15) is 5.82 Å². The van der Waals surface area contributed by atoms with Gasteiger partial charge in [0.25, 0.3) is 0 Å². The summed E-state index contributed by atoms with van der Waals surface area (Å²) in [4.78, 5) is 16.6. The van der Waals surface area contributed by atoms with E-state index in [-0.39, 0.29) is 5.91 Å². The van der Waals surface area contributed by atoms with Gasteiger partial charge >= 0.3 is 0 Å². The Balaban J connectivity index is 1.53. The minimum Gasteiger partial charge on any atom is -0.349 e. The summed E-state index contributed by atoms with van der Waals surface area (Å²) >= 11 is 1.46. The number of aromatic nitrogens is 6. The van der Waals surface area contributed by atoms with E-state index >= 15 is 0 Å². The lowest BCUT2D eigenvalue weighted by Crippen LogP contribution is -2.25. The van der Waals surface area contributed by atoms with Crippen LogP contribution < -0.4 is 5.32 Å². The van der Waals surface area contributed by atoms with E-state index in [1.165, 1.54) is 11.8 Å². The summed E-state index contributed by atoms with van der Waals surface area (Å²) in [6.45, 7) is 3.32. The lowest BCUT2D eigenvalue weighted by Gasteiger charge is -2.07. The molecule has 0 aliphatic heterocycles. The maximum absolute atomic E-state index is 12.0. The van der Waals surface area contributed by atoms with Crippen LogP contribution in [0.25, 0.3) is 11.0 Å². The Morgan fingerprint density at radius 2 is 2.17 bits per heavy atom. The molecule has 1 amide bonds. The first-order valence-electron chi connectivity index (χ1n) is 7.75. The zero-order valence-electron chi connectivity index (χ0n) is 13.6. The first kappa shape index (κ1) is 16.4. The monoisotopic (exact) mass is 345 g/mol. The van der Waals surface area contributed by atoms with Crippen LogP contribution in [0.15, 0.2) is 29.4 Å². The third kappa shape index (κ3) is 3.56. The topological polar surface area (TPSA) is 90.5 Å². The third-order valence-electron chi connectivity index (χ3n) is 3.64. The number of rotatable bonds is 7. The van der Waals surface area contributed by atoms with E-state index in [4.69, 9.17) is 0 Å². The second-order valence-corrected chi connectivity index (χ2v) is 6.28. The Morgan fingerprint density at radius 3 is 2.92 bits per heavy atom. The molecule has 3 rings (SSSR count). The van der Waals surface area contributed by atoms with Gasteiger partial charge in [-0.1, -0.05) is 23.9 Å². The van der Waals surface area contributed by atoms with Gasteiger partial charge in [0.2, 0.25) is 11.1 Å². The van der Waals surface area contributed by atoms with Crippen LogP contribution >= 0.6 is 11.8 Å². The second kappa shape index (κ2) is 7.43. The van der Waals surface area contributed by atoms with E-state index < -0.39 is 0 Å². The third-order valence-corrected chi connectivity index (χ3v) is 4.65. The number of thioether (sulfide) groups is 1. The van der Waals surface area contributed by atoms with Crippen molar-refractivity contribution in [2.24, 2.45) is 7.05 Å². The molecule has 0 saturated heterocycles. The standard InChI is InChI=1S/C15H19N7OS/c1-3-22-12-7-5-4-6-11(12)17-13(22)10-16-14(23)8-9-24-15-18-19-20-21(15)2/h4-7H,3,8-10H2,1-2H3,(H,16,23). The molecule has 9 heteroatoms. The van der Waals surface area contributed by atoms with Gasteiger partial charge in [0.15, 0.2) is 0 Å². The number of carbonyl (C=O) groups is 1. The van der Waals surface area contributed by atoms with Crippen molar-refractivity contribution < 1.29 is 4.79 Å². The molecular weight excluding hydrogens is 326 g/mol. The van der Waals surface area contributed by atoms with Gasteiger partial charge in [-0.3, -0.25) is 4.79 Å². The minimum absolute atomic E-state index is 0.00710. The zero-order valence-corrected chi connectivity index (χ0v) is 14.5. The summed E-state index contributed by atoms with van der Waals surface area (Å²) in [5, 5.41) is 14.8. The number of nitrogens with zero attached hydrogens (tertiary/aromatic N) is 6. The van der Waals surface area contributed by atoms with Crippen LogP contribution in [0.3, 0.4) is 0 Å². The molecule has 0 aliphatic rings. The van der Waals surface area contributed by atoms with Gasteiger partial charge in [0, 0.05) is 25.8 Å². The number of fused-ring (bicyclic) bond motifs is 1. The molecule has 0 fully saturated rings. The number of hydrogen-bond acceptors (Lipinski definition) is 6. The van der Waals surface area contributed by atoms with E-state index in [9.17, 15) is 4.79 Å². The van der Waals surface area contributed by atoms with Crippen molar-refractivity contribution in [2.75, 3.05) is 5.75 Å². The average molecular weight is 345 g/mol. The summed E-state index contributed by atoms with van der Waals surface area (Å²) in [5.41, 5.74) is 2.04. The minimum atomic E-state index is -0.00710. The van der Waals surface area contributed by atoms with Crippen molar-refractivity contribution in [3.8, 4) is 0 Å². The maximum atomic E-state index is 12.0. The molecule has 0 saturated carbocycles. The Morgan fingerprint density at radius 1 is 1.33 bits per heavy atom. The van der Waals surface area contributed by atoms with Gasteiger partial charge < -0.3 is 9.88 Å². The molecule has 0 radical (unpaired) electrons.